The highest BCUT2D eigenvalue weighted by atomic mass is 16.5. The molecule has 1 fully saturated rings. The van der Waals surface area contributed by atoms with Crippen LogP contribution in [0.1, 0.15) is 28.9 Å². The molecule has 0 radical (unpaired) electrons. The van der Waals surface area contributed by atoms with Gasteiger partial charge in [0.15, 0.2) is 6.61 Å². The molecule has 3 rings (SSSR count). The van der Waals surface area contributed by atoms with E-state index in [-0.39, 0.29) is 18.5 Å². The van der Waals surface area contributed by atoms with E-state index in [0.29, 0.717) is 5.56 Å². The molecule has 2 aromatic rings. The summed E-state index contributed by atoms with van der Waals surface area (Å²) in [4.78, 5) is 37.1. The fourth-order valence-corrected chi connectivity index (χ4v) is 2.50. The van der Waals surface area contributed by atoms with E-state index in [4.69, 9.17) is 4.74 Å². The molecule has 8 heteroatoms. The number of carbonyl (C=O) groups excluding carboxylic acids is 3. The molecule has 1 heterocycles. The number of rotatable bonds is 7. The second-order valence-electron chi connectivity index (χ2n) is 6.60. The van der Waals surface area contributed by atoms with E-state index in [1.807, 2.05) is 13.0 Å². The Hall–Kier alpha value is -3.16. The van der Waals surface area contributed by atoms with Gasteiger partial charge in [-0.2, -0.15) is 5.10 Å². The first-order valence-corrected chi connectivity index (χ1v) is 8.75. The maximum atomic E-state index is 12.1. The lowest BCUT2D eigenvalue weighted by atomic mass is 10.2. The molecule has 1 saturated carbocycles. The Kier molecular flexibility index (Phi) is 5.54. The van der Waals surface area contributed by atoms with Gasteiger partial charge in [0.05, 0.1) is 17.8 Å². The van der Waals surface area contributed by atoms with E-state index in [0.717, 1.165) is 24.2 Å². The number of hydrogen-bond donors (Lipinski definition) is 1. The Morgan fingerprint density at radius 2 is 1.93 bits per heavy atom. The van der Waals surface area contributed by atoms with Crippen LogP contribution in [0.4, 0.5) is 0 Å². The monoisotopic (exact) mass is 370 g/mol. The number of esters is 1. The molecular weight excluding hydrogens is 348 g/mol. The summed E-state index contributed by atoms with van der Waals surface area (Å²) in [5.74, 6) is -1.23. The minimum Gasteiger partial charge on any atom is -0.452 e. The first-order valence-electron chi connectivity index (χ1n) is 8.75. The summed E-state index contributed by atoms with van der Waals surface area (Å²) in [6, 6.07) is 8.88. The average Bonchev–Trinajstić information content (AvgIpc) is 3.36. The van der Waals surface area contributed by atoms with Crippen LogP contribution in [0.25, 0.3) is 5.69 Å². The number of carbonyl (C=O) groups is 3. The first-order chi connectivity index (χ1) is 12.9. The van der Waals surface area contributed by atoms with Gasteiger partial charge in [-0.05, 0) is 50.1 Å². The Morgan fingerprint density at radius 3 is 2.52 bits per heavy atom. The zero-order chi connectivity index (χ0) is 19.4. The number of hydrogen-bond acceptors (Lipinski definition) is 5. The van der Waals surface area contributed by atoms with Gasteiger partial charge in [-0.3, -0.25) is 9.59 Å². The number of nitrogens with one attached hydrogen (secondary N) is 1. The molecule has 8 nitrogen and oxygen atoms in total. The lowest BCUT2D eigenvalue weighted by molar-refractivity contribution is -0.137. The van der Waals surface area contributed by atoms with Crippen LogP contribution in [0.3, 0.4) is 0 Å². The molecule has 1 aromatic carbocycles. The molecule has 0 aliphatic heterocycles. The predicted octanol–water partition coefficient (Wildman–Crippen LogP) is 1.07. The van der Waals surface area contributed by atoms with Crippen LogP contribution in [0.15, 0.2) is 36.5 Å². The van der Waals surface area contributed by atoms with Crippen molar-refractivity contribution in [3.8, 4) is 5.69 Å². The van der Waals surface area contributed by atoms with Gasteiger partial charge in [0, 0.05) is 25.0 Å². The Balaban J connectivity index is 1.48. The summed E-state index contributed by atoms with van der Waals surface area (Å²) in [7, 11) is 1.50. The molecule has 0 unspecified atom stereocenters. The zero-order valence-corrected chi connectivity index (χ0v) is 15.3. The highest BCUT2D eigenvalue weighted by molar-refractivity contribution is 5.92. The number of likely N-dealkylation sites (N-methyl/N-ethyl adjacent to an activating group) is 1. The fraction of sp³-hybridized carbons (Fsp3) is 0.368. The molecule has 1 aliphatic rings. The normalized spacial score (nSPS) is 13.1. The highest BCUT2D eigenvalue weighted by Gasteiger charge is 2.24. The van der Waals surface area contributed by atoms with Crippen LogP contribution < -0.4 is 5.32 Å². The van der Waals surface area contributed by atoms with Crippen LogP contribution in [0.5, 0.6) is 0 Å². The van der Waals surface area contributed by atoms with Crippen LogP contribution in [-0.4, -0.2) is 58.7 Å². The van der Waals surface area contributed by atoms with E-state index in [9.17, 15) is 14.4 Å². The fourth-order valence-electron chi connectivity index (χ4n) is 2.50. The van der Waals surface area contributed by atoms with E-state index < -0.39 is 18.5 Å². The van der Waals surface area contributed by atoms with Gasteiger partial charge in [0.1, 0.15) is 0 Å². The van der Waals surface area contributed by atoms with E-state index >= 15 is 0 Å². The van der Waals surface area contributed by atoms with Crippen LogP contribution in [0.2, 0.25) is 0 Å². The van der Waals surface area contributed by atoms with Gasteiger partial charge in [0.2, 0.25) is 5.91 Å². The summed E-state index contributed by atoms with van der Waals surface area (Å²) < 4.78 is 6.81. The van der Waals surface area contributed by atoms with Crippen molar-refractivity contribution in [2.75, 3.05) is 20.2 Å². The third kappa shape index (κ3) is 4.93. The maximum Gasteiger partial charge on any atom is 0.338 e. The van der Waals surface area contributed by atoms with Gasteiger partial charge in [-0.1, -0.05) is 0 Å². The van der Waals surface area contributed by atoms with Crippen molar-refractivity contribution in [3.05, 3.63) is 47.8 Å². The second-order valence-corrected chi connectivity index (χ2v) is 6.60. The van der Waals surface area contributed by atoms with Crippen molar-refractivity contribution in [2.45, 2.75) is 25.8 Å². The third-order valence-corrected chi connectivity index (χ3v) is 4.26. The van der Waals surface area contributed by atoms with Gasteiger partial charge in [-0.25, -0.2) is 9.48 Å². The van der Waals surface area contributed by atoms with Crippen molar-refractivity contribution in [1.29, 1.82) is 0 Å². The number of aryl methyl sites for hydroxylation is 1. The summed E-state index contributed by atoms with van der Waals surface area (Å²) in [6.07, 6.45) is 3.67. The second kappa shape index (κ2) is 8.03. The number of ether oxygens (including phenoxy) is 1. The number of benzene rings is 1. The lowest BCUT2D eigenvalue weighted by Gasteiger charge is -2.16. The summed E-state index contributed by atoms with van der Waals surface area (Å²) in [6.45, 7) is 1.47. The summed E-state index contributed by atoms with van der Waals surface area (Å²) >= 11 is 0. The zero-order valence-electron chi connectivity index (χ0n) is 15.3. The van der Waals surface area contributed by atoms with Gasteiger partial charge < -0.3 is 15.0 Å². The molecule has 1 N–H and O–H groups in total. The molecule has 1 aliphatic carbocycles. The maximum absolute atomic E-state index is 12.1. The SMILES string of the molecule is Cc1ccnn1-c1ccc(C(=O)OCC(=O)N(C)CC(=O)NC2CC2)cc1. The Morgan fingerprint density at radius 1 is 1.22 bits per heavy atom. The molecule has 0 bridgehead atoms. The third-order valence-electron chi connectivity index (χ3n) is 4.26. The van der Waals surface area contributed by atoms with E-state index in [2.05, 4.69) is 10.4 Å². The Labute approximate surface area is 157 Å². The average molecular weight is 370 g/mol. The highest BCUT2D eigenvalue weighted by Crippen LogP contribution is 2.18. The number of nitrogens with zero attached hydrogens (tertiary/aromatic N) is 3. The predicted molar refractivity (Wildman–Crippen MR) is 97.4 cm³/mol. The van der Waals surface area contributed by atoms with Gasteiger partial charge in [-0.15, -0.1) is 0 Å². The molecule has 0 saturated heterocycles. The first kappa shape index (κ1) is 18.6. The quantitative estimate of drug-likeness (QED) is 0.736. The molecule has 27 heavy (non-hydrogen) atoms. The van der Waals surface area contributed by atoms with Crippen molar-refractivity contribution in [3.63, 3.8) is 0 Å². The minimum absolute atomic E-state index is 0.0508. The molecule has 2 amide bonds. The van der Waals surface area contributed by atoms with E-state index in [1.165, 1.54) is 11.9 Å². The molecule has 0 spiro atoms. The largest absolute Gasteiger partial charge is 0.452 e. The Bertz CT molecular complexity index is 840. The summed E-state index contributed by atoms with van der Waals surface area (Å²) in [5, 5.41) is 7.01. The van der Waals surface area contributed by atoms with Gasteiger partial charge in [0.25, 0.3) is 5.91 Å². The molecule has 0 atom stereocenters. The summed E-state index contributed by atoms with van der Waals surface area (Å²) in [5.41, 5.74) is 2.14. The van der Waals surface area contributed by atoms with Crippen molar-refractivity contribution >= 4 is 17.8 Å². The standard InChI is InChI=1S/C19H22N4O4/c1-13-9-10-20-23(13)16-7-3-14(4-8-16)19(26)27-12-18(25)22(2)11-17(24)21-15-5-6-15/h3-4,7-10,15H,5-6,11-12H2,1-2H3,(H,21,24). The van der Waals surface area contributed by atoms with Gasteiger partial charge >= 0.3 is 5.97 Å². The van der Waals surface area contributed by atoms with Crippen LogP contribution in [-0.2, 0) is 14.3 Å². The van der Waals surface area contributed by atoms with E-state index in [1.54, 1.807) is 35.1 Å². The van der Waals surface area contributed by atoms with Crippen molar-refractivity contribution < 1.29 is 19.1 Å². The van der Waals surface area contributed by atoms with Crippen LogP contribution in [0, 0.1) is 6.92 Å². The van der Waals surface area contributed by atoms with Crippen LogP contribution >= 0.6 is 0 Å². The van der Waals surface area contributed by atoms with Crippen molar-refractivity contribution in [1.82, 2.24) is 20.0 Å². The lowest BCUT2D eigenvalue weighted by Crippen LogP contribution is -2.40. The van der Waals surface area contributed by atoms with Crippen molar-refractivity contribution in [2.24, 2.45) is 0 Å². The minimum atomic E-state index is -0.595. The topological polar surface area (TPSA) is 93.5 Å². The number of amides is 2. The molecular formula is C19H22N4O4. The molecule has 142 valence electrons. The number of aromatic nitrogens is 2. The smallest absolute Gasteiger partial charge is 0.338 e. The molecule has 1 aromatic heterocycles.